The quantitative estimate of drug-likeness (QED) is 0.313. The number of nitrogens with zero attached hydrogens (tertiary/aromatic N) is 1. The summed E-state index contributed by atoms with van der Waals surface area (Å²) in [6.07, 6.45) is 3.51. The Morgan fingerprint density at radius 2 is 2.15 bits per heavy atom. The van der Waals surface area contributed by atoms with Gasteiger partial charge in [0.15, 0.2) is 5.75 Å². The van der Waals surface area contributed by atoms with E-state index >= 15 is 0 Å². The molecule has 0 spiro atoms. The van der Waals surface area contributed by atoms with Crippen molar-refractivity contribution in [3.05, 3.63) is 39.2 Å². The molecule has 1 aromatic heterocycles. The highest BCUT2D eigenvalue weighted by Gasteiger charge is 2.49. The van der Waals surface area contributed by atoms with Gasteiger partial charge in [0.25, 0.3) is 0 Å². The van der Waals surface area contributed by atoms with Crippen LogP contribution in [0, 0.1) is 5.41 Å². The molecule has 0 amide bonds. The Balaban J connectivity index is 2.54. The largest absolute Gasteiger partial charge is 0.491 e. The van der Waals surface area contributed by atoms with Crippen LogP contribution in [0.15, 0.2) is 28.1 Å². The number of rotatable bonds is 10. The number of ether oxygens (including phenoxy) is 5. The highest BCUT2D eigenvalue weighted by atomic mass is 79.9. The molecule has 0 aliphatic carbocycles. The fourth-order valence-electron chi connectivity index (χ4n) is 3.61. The van der Waals surface area contributed by atoms with Gasteiger partial charge in [0.05, 0.1) is 30.0 Å². The molecule has 0 N–H and O–H groups in total. The molecule has 3 atom stereocenters. The monoisotopic (exact) mass is 445 g/mol. The molecule has 3 unspecified atom stereocenters. The molecule has 7 nitrogen and oxygen atoms in total. The SMILES string of the molecule is C=CCOCCC1(C)C(OC)Cn2cc(Br)c(=O)c(OC)c2C1OCOC. The number of aromatic nitrogens is 1. The van der Waals surface area contributed by atoms with Crippen molar-refractivity contribution in [3.63, 3.8) is 0 Å². The predicted octanol–water partition coefficient (Wildman–Crippen LogP) is 2.91. The molecule has 1 aromatic rings. The van der Waals surface area contributed by atoms with E-state index in [4.69, 9.17) is 23.7 Å². The van der Waals surface area contributed by atoms with Crippen LogP contribution in [-0.4, -0.2) is 52.0 Å². The molecule has 2 heterocycles. The van der Waals surface area contributed by atoms with Gasteiger partial charge in [-0.15, -0.1) is 6.58 Å². The van der Waals surface area contributed by atoms with Crippen LogP contribution >= 0.6 is 15.9 Å². The molecule has 152 valence electrons. The van der Waals surface area contributed by atoms with Gasteiger partial charge in [0.1, 0.15) is 12.9 Å². The average Bonchev–Trinajstić information content (AvgIpc) is 2.66. The Bertz CT molecular complexity index is 706. The van der Waals surface area contributed by atoms with E-state index in [1.165, 1.54) is 7.11 Å². The molecule has 27 heavy (non-hydrogen) atoms. The van der Waals surface area contributed by atoms with Crippen LogP contribution in [0.2, 0.25) is 0 Å². The van der Waals surface area contributed by atoms with Crippen molar-refractivity contribution in [1.82, 2.24) is 4.57 Å². The van der Waals surface area contributed by atoms with Gasteiger partial charge >= 0.3 is 0 Å². The van der Waals surface area contributed by atoms with E-state index in [1.807, 2.05) is 4.57 Å². The molecule has 0 aromatic carbocycles. The van der Waals surface area contributed by atoms with Crippen molar-refractivity contribution in [2.75, 3.05) is 41.3 Å². The van der Waals surface area contributed by atoms with E-state index in [2.05, 4.69) is 29.4 Å². The van der Waals surface area contributed by atoms with E-state index < -0.39 is 11.5 Å². The lowest BCUT2D eigenvalue weighted by Gasteiger charge is -2.47. The molecular formula is C19H28BrNO6. The summed E-state index contributed by atoms with van der Waals surface area (Å²) in [5.74, 6) is 0.262. The summed E-state index contributed by atoms with van der Waals surface area (Å²) in [4.78, 5) is 12.6. The van der Waals surface area contributed by atoms with E-state index in [1.54, 1.807) is 26.5 Å². The first-order valence-corrected chi connectivity index (χ1v) is 9.52. The maximum absolute atomic E-state index is 12.6. The third kappa shape index (κ3) is 4.46. The molecule has 0 fully saturated rings. The van der Waals surface area contributed by atoms with E-state index in [9.17, 15) is 4.79 Å². The van der Waals surface area contributed by atoms with Crippen LogP contribution in [0.25, 0.3) is 0 Å². The summed E-state index contributed by atoms with van der Waals surface area (Å²) >= 11 is 3.32. The molecule has 0 saturated carbocycles. The number of pyridine rings is 1. The zero-order valence-electron chi connectivity index (χ0n) is 16.3. The average molecular weight is 446 g/mol. The molecule has 2 rings (SSSR count). The van der Waals surface area contributed by atoms with Crippen molar-refractivity contribution in [2.24, 2.45) is 5.41 Å². The second-order valence-corrected chi connectivity index (χ2v) is 7.53. The summed E-state index contributed by atoms with van der Waals surface area (Å²) in [7, 11) is 4.73. The summed E-state index contributed by atoms with van der Waals surface area (Å²) in [5.41, 5.74) is 0.0142. The lowest BCUT2D eigenvalue weighted by atomic mass is 9.72. The highest BCUT2D eigenvalue weighted by molar-refractivity contribution is 9.10. The van der Waals surface area contributed by atoms with Crippen molar-refractivity contribution in [2.45, 2.75) is 32.1 Å². The Hall–Kier alpha value is -1.19. The van der Waals surface area contributed by atoms with Crippen LogP contribution in [0.4, 0.5) is 0 Å². The molecular weight excluding hydrogens is 418 g/mol. The normalized spacial score (nSPS) is 24.5. The van der Waals surface area contributed by atoms with E-state index in [-0.39, 0.29) is 24.1 Å². The Morgan fingerprint density at radius 1 is 1.41 bits per heavy atom. The lowest BCUT2D eigenvalue weighted by Crippen LogP contribution is -2.49. The number of halogens is 1. The van der Waals surface area contributed by atoms with Crippen LogP contribution in [-0.2, 0) is 25.5 Å². The van der Waals surface area contributed by atoms with Crippen LogP contribution < -0.4 is 10.2 Å². The summed E-state index contributed by atoms with van der Waals surface area (Å²) in [6, 6.07) is 0. The molecule has 8 heteroatoms. The Morgan fingerprint density at radius 3 is 2.74 bits per heavy atom. The minimum absolute atomic E-state index is 0.0810. The molecule has 1 aliphatic rings. The van der Waals surface area contributed by atoms with Crippen molar-refractivity contribution in [1.29, 1.82) is 0 Å². The van der Waals surface area contributed by atoms with Gasteiger partial charge in [-0.2, -0.15) is 0 Å². The molecule has 0 radical (unpaired) electrons. The first kappa shape index (κ1) is 22.1. The lowest BCUT2D eigenvalue weighted by molar-refractivity contribution is -0.177. The second-order valence-electron chi connectivity index (χ2n) is 6.67. The van der Waals surface area contributed by atoms with Crippen molar-refractivity contribution in [3.8, 4) is 5.75 Å². The number of fused-ring (bicyclic) bond motifs is 1. The highest BCUT2D eigenvalue weighted by Crippen LogP contribution is 2.49. The van der Waals surface area contributed by atoms with Gasteiger partial charge in [-0.1, -0.05) is 13.0 Å². The molecule has 0 bridgehead atoms. The fourth-order valence-corrected chi connectivity index (χ4v) is 4.03. The number of methoxy groups -OCH3 is 3. The van der Waals surface area contributed by atoms with Crippen LogP contribution in [0.5, 0.6) is 5.75 Å². The fraction of sp³-hybridized carbons (Fsp3) is 0.632. The zero-order valence-corrected chi connectivity index (χ0v) is 17.9. The van der Waals surface area contributed by atoms with Gasteiger partial charge in [-0.05, 0) is 22.4 Å². The van der Waals surface area contributed by atoms with Gasteiger partial charge in [-0.3, -0.25) is 4.79 Å². The third-order valence-electron chi connectivity index (χ3n) is 5.04. The first-order chi connectivity index (χ1) is 12.9. The summed E-state index contributed by atoms with van der Waals surface area (Å²) < 4.78 is 30.5. The molecule has 1 aliphatic heterocycles. The number of hydrogen-bond donors (Lipinski definition) is 0. The van der Waals surface area contributed by atoms with Gasteiger partial charge < -0.3 is 28.3 Å². The maximum atomic E-state index is 12.6. The Labute approximate surface area is 168 Å². The first-order valence-electron chi connectivity index (χ1n) is 8.73. The summed E-state index contributed by atoms with van der Waals surface area (Å²) in [5, 5.41) is 0. The molecule has 0 saturated heterocycles. The predicted molar refractivity (Wildman–Crippen MR) is 105 cm³/mol. The zero-order chi connectivity index (χ0) is 20.0. The third-order valence-corrected chi connectivity index (χ3v) is 5.61. The topological polar surface area (TPSA) is 68.2 Å². The number of hydrogen-bond acceptors (Lipinski definition) is 6. The van der Waals surface area contributed by atoms with Gasteiger partial charge in [0.2, 0.25) is 5.43 Å². The minimum Gasteiger partial charge on any atom is -0.491 e. The Kier molecular flexibility index (Phi) is 8.05. The van der Waals surface area contributed by atoms with Crippen LogP contribution in [0.1, 0.15) is 25.1 Å². The van der Waals surface area contributed by atoms with Crippen LogP contribution in [0.3, 0.4) is 0 Å². The second kappa shape index (κ2) is 9.84. The summed E-state index contributed by atoms with van der Waals surface area (Å²) in [6.45, 7) is 7.38. The van der Waals surface area contributed by atoms with E-state index in [0.717, 1.165) is 0 Å². The smallest absolute Gasteiger partial charge is 0.237 e. The van der Waals surface area contributed by atoms with Gasteiger partial charge in [-0.25, -0.2) is 0 Å². The minimum atomic E-state index is -0.473. The van der Waals surface area contributed by atoms with E-state index in [0.29, 0.717) is 36.3 Å². The standard InChI is InChI=1S/C19H28BrNO6/c1-6-8-26-9-7-19(2)14(24-4)11-21-10-13(20)16(22)17(25-5)15(21)18(19)27-12-23-3/h6,10,14,18H,1,7-9,11-12H2,2-5H3. The maximum Gasteiger partial charge on any atom is 0.237 e. The van der Waals surface area contributed by atoms with Gasteiger partial charge in [0, 0.05) is 39.0 Å². The van der Waals surface area contributed by atoms with Crippen molar-refractivity contribution < 1.29 is 23.7 Å². The van der Waals surface area contributed by atoms with Crippen molar-refractivity contribution >= 4 is 15.9 Å².